The number of nitrogens with two attached hydrogens (primary N) is 1. The molecule has 20 heteroatoms. The smallest absolute Gasteiger partial charge is 0.308 e. The number of halogens is 1. The molecular formula is C50H64ClN7O10S2. The number of benzene rings is 2. The number of esters is 2. The minimum atomic E-state index is -2.99. The van der Waals surface area contributed by atoms with Crippen LogP contribution < -0.4 is 15.2 Å². The topological polar surface area (TPSA) is 227 Å². The Labute approximate surface area is 415 Å². The van der Waals surface area contributed by atoms with Crippen molar-refractivity contribution in [1.82, 2.24) is 29.1 Å². The van der Waals surface area contributed by atoms with Crippen molar-refractivity contribution in [3.8, 4) is 23.1 Å². The van der Waals surface area contributed by atoms with Crippen molar-refractivity contribution in [2.45, 2.75) is 83.6 Å². The highest BCUT2D eigenvalue weighted by Gasteiger charge is 2.28. The Bertz CT molecular complexity index is 2890. The third-order valence-corrected chi connectivity index (χ3v) is 14.5. The fraction of sp³-hybridized carbons (Fsp3) is 0.480. The Morgan fingerprint density at radius 3 is 1.69 bits per heavy atom. The molecule has 0 spiro atoms. The van der Waals surface area contributed by atoms with Gasteiger partial charge >= 0.3 is 11.9 Å². The number of rotatable bonds is 17. The van der Waals surface area contributed by atoms with Crippen molar-refractivity contribution in [1.29, 1.82) is 0 Å². The van der Waals surface area contributed by atoms with Crippen LogP contribution in [0.3, 0.4) is 0 Å². The molecule has 70 heavy (non-hydrogen) atoms. The Kier molecular flexibility index (Phi) is 19.5. The summed E-state index contributed by atoms with van der Waals surface area (Å²) in [4.78, 5) is 40.4. The van der Waals surface area contributed by atoms with Gasteiger partial charge in [-0.15, -0.1) is 0 Å². The van der Waals surface area contributed by atoms with Crippen molar-refractivity contribution in [3.05, 3.63) is 96.6 Å². The van der Waals surface area contributed by atoms with Gasteiger partial charge in [-0.05, 0) is 137 Å². The molecule has 2 aromatic carbocycles. The first-order chi connectivity index (χ1) is 33.5. The fourth-order valence-corrected chi connectivity index (χ4v) is 10.1. The highest BCUT2D eigenvalue weighted by atomic mass is 35.5. The Morgan fingerprint density at radius 2 is 1.19 bits per heavy atom. The van der Waals surface area contributed by atoms with E-state index in [1.165, 1.54) is 19.6 Å². The van der Waals surface area contributed by atoms with E-state index in [0.29, 0.717) is 56.2 Å². The second-order valence-corrected chi connectivity index (χ2v) is 22.6. The molecule has 0 atom stereocenters. The van der Waals surface area contributed by atoms with E-state index < -0.39 is 19.7 Å². The molecule has 0 amide bonds. The molecule has 4 heterocycles. The van der Waals surface area contributed by atoms with Gasteiger partial charge in [-0.2, -0.15) is 4.98 Å². The highest BCUT2D eigenvalue weighted by Crippen LogP contribution is 2.33. The van der Waals surface area contributed by atoms with Crippen LogP contribution in [0.15, 0.2) is 85.5 Å². The van der Waals surface area contributed by atoms with E-state index in [1.807, 2.05) is 83.0 Å². The van der Waals surface area contributed by atoms with Crippen LogP contribution in [0.1, 0.15) is 77.0 Å². The molecule has 378 valence electrons. The standard InChI is InChI=1S/C25H31N3O5S.C16H16ClN3O3S.C9H17NO2/c1-32-25(29)19-9-7-18(8-10-19)17-23-26-13-11-24(27-23)28-14-12-20-21(28)5-3-6-22(20)33-15-4-16-34(2,30)31;1-24(21,22)11-3-10-23-14-5-2-4-13-12(14)7-9-20(13)15-6-8-18-16(17)19-15;1-2-12-9(11)7-3-5-8(10)6-4-7/h3,5-6,11-14,18-19H,4,7-10,15-17H2,1-2H3;2,4-9H,3,10-11H2,1H3;7-8H,2-6,10H2,1H3. The molecule has 2 fully saturated rings. The number of hydrogen-bond donors (Lipinski definition) is 1. The van der Waals surface area contributed by atoms with Crippen molar-refractivity contribution in [2.75, 3.05) is 50.9 Å². The maximum absolute atomic E-state index is 11.8. The Hall–Kier alpha value is -5.63. The van der Waals surface area contributed by atoms with Gasteiger partial charge in [-0.1, -0.05) is 12.1 Å². The molecule has 2 N–H and O–H groups in total. The monoisotopic (exact) mass is 1020 g/mol. The number of nitrogens with zero attached hydrogens (tertiary/aromatic N) is 6. The van der Waals surface area contributed by atoms with E-state index in [4.69, 9.17) is 41.3 Å². The van der Waals surface area contributed by atoms with Crippen LogP contribution in [0.2, 0.25) is 5.28 Å². The fourth-order valence-electron chi connectivity index (χ4n) is 8.66. The zero-order valence-corrected chi connectivity index (χ0v) is 42.6. The second-order valence-electron chi connectivity index (χ2n) is 17.7. The molecule has 4 aromatic heterocycles. The summed E-state index contributed by atoms with van der Waals surface area (Å²) in [5.41, 5.74) is 7.60. The lowest BCUT2D eigenvalue weighted by molar-refractivity contribution is -0.149. The van der Waals surface area contributed by atoms with Crippen molar-refractivity contribution < 1.29 is 45.4 Å². The lowest BCUT2D eigenvalue weighted by Gasteiger charge is -2.26. The maximum atomic E-state index is 11.8. The van der Waals surface area contributed by atoms with Gasteiger partial charge in [-0.25, -0.2) is 31.8 Å². The van der Waals surface area contributed by atoms with Gasteiger partial charge in [0.15, 0.2) is 0 Å². The number of carbonyl (C=O) groups excluding carboxylic acids is 2. The van der Waals surface area contributed by atoms with Crippen molar-refractivity contribution in [3.63, 3.8) is 0 Å². The van der Waals surface area contributed by atoms with Crippen LogP contribution in [-0.2, 0) is 45.2 Å². The van der Waals surface area contributed by atoms with Crippen LogP contribution in [0.4, 0.5) is 0 Å². The number of ether oxygens (including phenoxy) is 4. The number of sulfone groups is 2. The number of carbonyl (C=O) groups is 2. The summed E-state index contributed by atoms with van der Waals surface area (Å²) in [5, 5.41) is 2.05. The van der Waals surface area contributed by atoms with E-state index in [-0.39, 0.29) is 40.6 Å². The average molecular weight is 1020 g/mol. The van der Waals surface area contributed by atoms with E-state index in [9.17, 15) is 26.4 Å². The van der Waals surface area contributed by atoms with Crippen molar-refractivity contribution in [2.24, 2.45) is 23.5 Å². The van der Waals surface area contributed by atoms with E-state index in [1.54, 1.807) is 18.5 Å². The van der Waals surface area contributed by atoms with Crippen LogP contribution in [0, 0.1) is 17.8 Å². The van der Waals surface area contributed by atoms with Crippen LogP contribution in [0.25, 0.3) is 33.4 Å². The summed E-state index contributed by atoms with van der Waals surface area (Å²) in [6, 6.07) is 19.4. The SMILES string of the molecule is CCOC(=O)C1CCC(N)CC1.COC(=O)C1CCC(Cc2nccc(-n3ccc4c(OCCCS(C)(=O)=O)cccc43)n2)CC1.CS(=O)(=O)CCCOc1cccc2c1ccn2-c1ccnc(Cl)n1. The summed E-state index contributed by atoms with van der Waals surface area (Å²) in [6.07, 6.45) is 18.8. The normalized spacial score (nSPS) is 18.2. The van der Waals surface area contributed by atoms with Gasteiger partial charge < -0.3 is 33.8 Å². The van der Waals surface area contributed by atoms with Gasteiger partial charge in [0, 0.05) is 60.5 Å². The molecular weight excluding hydrogens is 958 g/mol. The third kappa shape index (κ3) is 15.9. The third-order valence-electron chi connectivity index (χ3n) is 12.3. The van der Waals surface area contributed by atoms with Crippen LogP contribution >= 0.6 is 11.6 Å². The number of fused-ring (bicyclic) bond motifs is 2. The molecule has 17 nitrogen and oxygen atoms in total. The summed E-state index contributed by atoms with van der Waals surface area (Å²) in [6.45, 7) is 3.01. The molecule has 8 rings (SSSR count). The van der Waals surface area contributed by atoms with Gasteiger partial charge in [0.2, 0.25) is 5.28 Å². The summed E-state index contributed by atoms with van der Waals surface area (Å²) >= 11 is 5.86. The molecule has 0 radical (unpaired) electrons. The summed E-state index contributed by atoms with van der Waals surface area (Å²) < 4.78 is 70.3. The predicted molar refractivity (Wildman–Crippen MR) is 270 cm³/mol. The average Bonchev–Trinajstić information content (AvgIpc) is 3.98. The minimum Gasteiger partial charge on any atom is -0.493 e. The number of aromatic nitrogens is 6. The largest absolute Gasteiger partial charge is 0.493 e. The van der Waals surface area contributed by atoms with E-state index >= 15 is 0 Å². The minimum absolute atomic E-state index is 0.0162. The quantitative estimate of drug-likeness (QED) is 0.0524. The first kappa shape index (κ1) is 53.7. The molecule has 0 aliphatic heterocycles. The molecule has 2 aliphatic carbocycles. The molecule has 2 saturated carbocycles. The predicted octanol–water partition coefficient (Wildman–Crippen LogP) is 7.71. The van der Waals surface area contributed by atoms with Crippen molar-refractivity contribution >= 4 is 65.0 Å². The molecule has 0 saturated heterocycles. The lowest BCUT2D eigenvalue weighted by atomic mass is 9.80. The van der Waals surface area contributed by atoms with Crippen LogP contribution in [-0.4, -0.2) is 115 Å². The van der Waals surface area contributed by atoms with Gasteiger partial charge in [0.25, 0.3) is 0 Å². The molecule has 0 bridgehead atoms. The first-order valence-corrected chi connectivity index (χ1v) is 28.1. The lowest BCUT2D eigenvalue weighted by Crippen LogP contribution is -2.30. The zero-order chi connectivity index (χ0) is 50.3. The molecule has 6 aromatic rings. The Balaban J connectivity index is 0.000000193. The van der Waals surface area contributed by atoms with Gasteiger partial charge in [0.1, 0.15) is 48.6 Å². The number of hydrogen-bond acceptors (Lipinski definition) is 15. The van der Waals surface area contributed by atoms with E-state index in [2.05, 4.69) is 15.0 Å². The highest BCUT2D eigenvalue weighted by molar-refractivity contribution is 7.90. The van der Waals surface area contributed by atoms with Gasteiger partial charge in [-0.3, -0.25) is 9.59 Å². The first-order valence-electron chi connectivity index (χ1n) is 23.6. The van der Waals surface area contributed by atoms with Crippen LogP contribution in [0.5, 0.6) is 11.5 Å². The zero-order valence-electron chi connectivity index (χ0n) is 40.2. The van der Waals surface area contributed by atoms with E-state index in [0.717, 1.165) is 97.0 Å². The Morgan fingerprint density at radius 1 is 0.686 bits per heavy atom. The summed E-state index contributed by atoms with van der Waals surface area (Å²) in [5.74, 6) is 4.37. The second kappa shape index (κ2) is 25.5. The number of methoxy groups -OCH3 is 1. The summed E-state index contributed by atoms with van der Waals surface area (Å²) in [7, 11) is -4.51. The molecule has 0 unspecified atom stereocenters. The van der Waals surface area contributed by atoms with Gasteiger partial charge in [0.05, 0.1) is 61.3 Å². The maximum Gasteiger partial charge on any atom is 0.308 e. The molecule has 2 aliphatic rings.